The van der Waals surface area contributed by atoms with Crippen LogP contribution in [-0.4, -0.2) is 48.5 Å². The fourth-order valence-corrected chi connectivity index (χ4v) is 4.36. The molecule has 0 radical (unpaired) electrons. The minimum atomic E-state index is -1.09. The highest BCUT2D eigenvalue weighted by Crippen LogP contribution is 2.33. The maximum atomic E-state index is 11.4. The largest absolute Gasteiger partial charge is 0.493 e. The van der Waals surface area contributed by atoms with Crippen molar-refractivity contribution in [1.82, 2.24) is 0 Å². The van der Waals surface area contributed by atoms with Crippen LogP contribution >= 0.6 is 0 Å². The van der Waals surface area contributed by atoms with Gasteiger partial charge in [-0.25, -0.2) is 0 Å². The minimum absolute atomic E-state index is 0.418. The van der Waals surface area contributed by atoms with E-state index in [4.69, 9.17) is 9.47 Å². The van der Waals surface area contributed by atoms with Crippen LogP contribution in [0.5, 0.6) is 11.5 Å². The Hall–Kier alpha value is -2.44. The molecule has 0 spiro atoms. The number of carboxylic acid groups (broad SMARTS) is 2. The van der Waals surface area contributed by atoms with Gasteiger partial charge < -0.3 is 24.6 Å². The standard InChI is InChI=1S/C30H51NO6/c1-3-5-7-9-11-13-15-17-21-36-26-19-20-27(31(24-29(32)33)25-30(34)35)28(23-26)37-22-18-16-14-12-10-8-6-4-2/h19-20,23H,3-18,21-22,24-25H2,1-2H3,(H,32,33)(H,34,35). The van der Waals surface area contributed by atoms with Crippen LogP contribution < -0.4 is 14.4 Å². The van der Waals surface area contributed by atoms with Crippen LogP contribution in [0.2, 0.25) is 0 Å². The molecule has 1 rings (SSSR count). The van der Waals surface area contributed by atoms with E-state index >= 15 is 0 Å². The normalized spacial score (nSPS) is 10.9. The Morgan fingerprint density at radius 2 is 1.08 bits per heavy atom. The molecule has 37 heavy (non-hydrogen) atoms. The number of carboxylic acids is 2. The molecule has 0 aromatic heterocycles. The van der Waals surface area contributed by atoms with Crippen LogP contribution in [0.25, 0.3) is 0 Å². The molecule has 0 aliphatic rings. The first-order valence-corrected chi connectivity index (χ1v) is 14.6. The number of unbranched alkanes of at least 4 members (excludes halogenated alkanes) is 14. The summed E-state index contributed by atoms with van der Waals surface area (Å²) in [6, 6.07) is 5.24. The van der Waals surface area contributed by atoms with Crippen molar-refractivity contribution in [3.05, 3.63) is 18.2 Å². The number of carbonyl (C=O) groups is 2. The van der Waals surface area contributed by atoms with Crippen molar-refractivity contribution >= 4 is 17.6 Å². The molecule has 1 aromatic carbocycles. The summed E-state index contributed by atoms with van der Waals surface area (Å²) in [5.41, 5.74) is 0.462. The van der Waals surface area contributed by atoms with Crippen molar-refractivity contribution in [3.8, 4) is 11.5 Å². The number of nitrogens with zero attached hydrogens (tertiary/aromatic N) is 1. The van der Waals surface area contributed by atoms with E-state index in [1.165, 1.54) is 81.9 Å². The molecule has 0 saturated carbocycles. The number of aliphatic carboxylic acids is 2. The lowest BCUT2D eigenvalue weighted by Crippen LogP contribution is -2.34. The van der Waals surface area contributed by atoms with E-state index in [2.05, 4.69) is 13.8 Å². The molecule has 0 bridgehead atoms. The number of hydrogen-bond donors (Lipinski definition) is 2. The van der Waals surface area contributed by atoms with E-state index in [1.54, 1.807) is 18.2 Å². The highest BCUT2D eigenvalue weighted by Gasteiger charge is 2.19. The summed E-state index contributed by atoms with van der Waals surface area (Å²) in [5, 5.41) is 18.6. The number of hydrogen-bond acceptors (Lipinski definition) is 5. The zero-order chi connectivity index (χ0) is 27.1. The Bertz CT molecular complexity index is 723. The highest BCUT2D eigenvalue weighted by atomic mass is 16.5. The molecule has 0 saturated heterocycles. The van der Waals surface area contributed by atoms with Gasteiger partial charge in [0.25, 0.3) is 0 Å². The summed E-state index contributed by atoms with van der Waals surface area (Å²) in [5.74, 6) is -1.06. The summed E-state index contributed by atoms with van der Waals surface area (Å²) in [7, 11) is 0. The molecule has 7 nitrogen and oxygen atoms in total. The van der Waals surface area contributed by atoms with E-state index in [1.807, 2.05) is 0 Å². The second-order valence-electron chi connectivity index (χ2n) is 9.92. The first kappa shape index (κ1) is 32.6. The van der Waals surface area contributed by atoms with Gasteiger partial charge >= 0.3 is 11.9 Å². The van der Waals surface area contributed by atoms with Crippen LogP contribution in [0.1, 0.15) is 117 Å². The van der Waals surface area contributed by atoms with Crippen LogP contribution in [0.4, 0.5) is 5.69 Å². The molecular weight excluding hydrogens is 470 g/mol. The van der Waals surface area contributed by atoms with E-state index in [9.17, 15) is 19.8 Å². The molecule has 2 N–H and O–H groups in total. The minimum Gasteiger partial charge on any atom is -0.493 e. The third-order valence-electron chi connectivity index (χ3n) is 6.45. The average Bonchev–Trinajstić information content (AvgIpc) is 2.86. The van der Waals surface area contributed by atoms with Crippen LogP contribution in [-0.2, 0) is 9.59 Å². The molecule has 0 fully saturated rings. The summed E-state index contributed by atoms with van der Waals surface area (Å²) in [6.45, 7) is 4.72. The zero-order valence-corrected chi connectivity index (χ0v) is 23.3. The molecule has 0 unspecified atom stereocenters. The van der Waals surface area contributed by atoms with Gasteiger partial charge in [-0.2, -0.15) is 0 Å². The van der Waals surface area contributed by atoms with Crippen molar-refractivity contribution in [1.29, 1.82) is 0 Å². The third-order valence-corrected chi connectivity index (χ3v) is 6.45. The average molecular weight is 522 g/mol. The van der Waals surface area contributed by atoms with E-state index in [0.717, 1.165) is 25.7 Å². The van der Waals surface area contributed by atoms with Crippen LogP contribution in [0.3, 0.4) is 0 Å². The second kappa shape index (κ2) is 21.6. The molecule has 1 aromatic rings. The number of ether oxygens (including phenoxy) is 2. The van der Waals surface area contributed by atoms with Gasteiger partial charge in [-0.15, -0.1) is 0 Å². The van der Waals surface area contributed by atoms with Gasteiger partial charge in [0.05, 0.1) is 18.9 Å². The van der Waals surface area contributed by atoms with Crippen molar-refractivity contribution < 1.29 is 29.3 Å². The smallest absolute Gasteiger partial charge is 0.323 e. The van der Waals surface area contributed by atoms with Crippen LogP contribution in [0, 0.1) is 0 Å². The SMILES string of the molecule is CCCCCCCCCCOc1ccc(N(CC(=O)O)CC(=O)O)c(OCCCCCCCCCC)c1. The third kappa shape index (κ3) is 16.8. The predicted octanol–water partition coefficient (Wildman–Crippen LogP) is 7.70. The molecule has 0 aliphatic carbocycles. The Kier molecular flexibility index (Phi) is 19.0. The predicted molar refractivity (Wildman–Crippen MR) is 150 cm³/mol. The number of benzene rings is 1. The van der Waals surface area contributed by atoms with Crippen molar-refractivity contribution in [3.63, 3.8) is 0 Å². The van der Waals surface area contributed by atoms with Crippen molar-refractivity contribution in [2.24, 2.45) is 0 Å². The quantitative estimate of drug-likeness (QED) is 0.127. The van der Waals surface area contributed by atoms with E-state index in [-0.39, 0.29) is 0 Å². The summed E-state index contributed by atoms with van der Waals surface area (Å²) >= 11 is 0. The van der Waals surface area contributed by atoms with Crippen molar-refractivity contribution in [2.45, 2.75) is 117 Å². The fourth-order valence-electron chi connectivity index (χ4n) is 4.36. The number of rotatable bonds is 25. The molecule has 0 heterocycles. The molecule has 0 amide bonds. The highest BCUT2D eigenvalue weighted by molar-refractivity contribution is 5.81. The van der Waals surface area contributed by atoms with E-state index < -0.39 is 25.0 Å². The lowest BCUT2D eigenvalue weighted by atomic mass is 10.1. The van der Waals surface area contributed by atoms with Gasteiger partial charge in [0.15, 0.2) is 0 Å². The van der Waals surface area contributed by atoms with Gasteiger partial charge in [-0.1, -0.05) is 104 Å². The van der Waals surface area contributed by atoms with Gasteiger partial charge in [-0.3, -0.25) is 9.59 Å². The Morgan fingerprint density at radius 1 is 0.649 bits per heavy atom. The maximum Gasteiger partial charge on any atom is 0.323 e. The van der Waals surface area contributed by atoms with Gasteiger partial charge in [0.1, 0.15) is 24.6 Å². The maximum absolute atomic E-state index is 11.4. The lowest BCUT2D eigenvalue weighted by molar-refractivity contribution is -0.136. The van der Waals surface area contributed by atoms with Gasteiger partial charge in [0.2, 0.25) is 0 Å². The molecule has 0 aliphatic heterocycles. The molecule has 0 atom stereocenters. The van der Waals surface area contributed by atoms with Gasteiger partial charge in [0, 0.05) is 6.07 Å². The van der Waals surface area contributed by atoms with E-state index in [0.29, 0.717) is 30.4 Å². The molecule has 7 heteroatoms. The Balaban J connectivity index is 2.64. The first-order valence-electron chi connectivity index (χ1n) is 14.6. The summed E-state index contributed by atoms with van der Waals surface area (Å²) in [4.78, 5) is 24.1. The molecule has 212 valence electrons. The molecular formula is C30H51NO6. The Labute approximate surface area is 224 Å². The Morgan fingerprint density at radius 3 is 1.54 bits per heavy atom. The fraction of sp³-hybridized carbons (Fsp3) is 0.733. The number of anilines is 1. The lowest BCUT2D eigenvalue weighted by Gasteiger charge is -2.24. The van der Waals surface area contributed by atoms with Crippen molar-refractivity contribution in [2.75, 3.05) is 31.2 Å². The summed E-state index contributed by atoms with van der Waals surface area (Å²) < 4.78 is 12.0. The van der Waals surface area contributed by atoms with Crippen LogP contribution in [0.15, 0.2) is 18.2 Å². The first-order chi connectivity index (χ1) is 18.0. The summed E-state index contributed by atoms with van der Waals surface area (Å²) in [6.07, 6.45) is 19.3. The second-order valence-corrected chi connectivity index (χ2v) is 9.92. The monoisotopic (exact) mass is 521 g/mol. The zero-order valence-electron chi connectivity index (χ0n) is 23.3. The topological polar surface area (TPSA) is 96.3 Å². The van der Waals surface area contributed by atoms with Gasteiger partial charge in [-0.05, 0) is 25.0 Å².